The summed E-state index contributed by atoms with van der Waals surface area (Å²) in [7, 11) is -4.53. The predicted molar refractivity (Wildman–Crippen MR) is 147 cm³/mol. The molecule has 0 aromatic heterocycles. The van der Waals surface area contributed by atoms with Crippen LogP contribution in [0.4, 0.5) is 23.2 Å². The molecule has 3 rings (SSSR count). The second-order valence-electron chi connectivity index (χ2n) is 10.4. The zero-order valence-corrected chi connectivity index (χ0v) is 23.8. The van der Waals surface area contributed by atoms with Crippen LogP contribution in [0.5, 0.6) is 0 Å². The summed E-state index contributed by atoms with van der Waals surface area (Å²) in [5.74, 6) is -1.91. The molecule has 7 nitrogen and oxygen atoms in total. The molecule has 0 aliphatic heterocycles. The lowest BCUT2D eigenvalue weighted by Gasteiger charge is -2.33. The van der Waals surface area contributed by atoms with E-state index in [9.17, 15) is 35.6 Å². The molecule has 0 radical (unpaired) electrons. The molecule has 0 aliphatic carbocycles. The number of halogens is 4. The van der Waals surface area contributed by atoms with Gasteiger partial charge in [-0.05, 0) is 75.7 Å². The first-order valence-electron chi connectivity index (χ1n) is 12.6. The minimum atomic E-state index is -4.77. The predicted octanol–water partition coefficient (Wildman–Crippen LogP) is 5.37. The van der Waals surface area contributed by atoms with Crippen molar-refractivity contribution in [3.8, 4) is 0 Å². The number of alkyl halides is 3. The minimum Gasteiger partial charge on any atom is -0.350 e. The summed E-state index contributed by atoms with van der Waals surface area (Å²) in [6.45, 7) is 5.57. The molecule has 0 spiro atoms. The van der Waals surface area contributed by atoms with Crippen molar-refractivity contribution in [2.24, 2.45) is 0 Å². The summed E-state index contributed by atoms with van der Waals surface area (Å²) in [5.41, 5.74) is -1.69. The van der Waals surface area contributed by atoms with Crippen LogP contribution in [-0.2, 0) is 32.3 Å². The molecule has 0 fully saturated rings. The smallest absolute Gasteiger partial charge is 0.350 e. The molecule has 0 heterocycles. The maximum atomic E-state index is 13.8. The Morgan fingerprint density at radius 1 is 0.902 bits per heavy atom. The van der Waals surface area contributed by atoms with Gasteiger partial charge in [-0.3, -0.25) is 13.9 Å². The molecular weight excluding hydrogens is 562 g/mol. The van der Waals surface area contributed by atoms with Crippen LogP contribution in [0.3, 0.4) is 0 Å². The summed E-state index contributed by atoms with van der Waals surface area (Å²) in [6.07, 6.45) is -4.77. The van der Waals surface area contributed by atoms with E-state index in [0.717, 1.165) is 23.1 Å². The van der Waals surface area contributed by atoms with Crippen molar-refractivity contribution >= 4 is 27.5 Å². The van der Waals surface area contributed by atoms with Crippen LogP contribution >= 0.6 is 0 Å². The first-order valence-corrected chi connectivity index (χ1v) is 14.0. The number of carbonyl (C=O) groups excluding carboxylic acids is 2. The first kappa shape index (κ1) is 31.6. The zero-order chi connectivity index (χ0) is 30.6. The van der Waals surface area contributed by atoms with E-state index in [2.05, 4.69) is 5.32 Å². The molecule has 2 amide bonds. The van der Waals surface area contributed by atoms with Crippen molar-refractivity contribution in [2.45, 2.75) is 56.9 Å². The number of rotatable bonds is 9. The average molecular weight is 594 g/mol. The van der Waals surface area contributed by atoms with Gasteiger partial charge in [0.25, 0.3) is 10.0 Å². The van der Waals surface area contributed by atoms with Gasteiger partial charge in [0, 0.05) is 12.1 Å². The normalized spacial score (nSPS) is 12.9. The van der Waals surface area contributed by atoms with E-state index >= 15 is 0 Å². The number of amides is 2. The Morgan fingerprint density at radius 2 is 1.51 bits per heavy atom. The average Bonchev–Trinajstić information content (AvgIpc) is 2.90. The van der Waals surface area contributed by atoms with E-state index in [0.29, 0.717) is 15.9 Å². The van der Waals surface area contributed by atoms with E-state index in [1.165, 1.54) is 55.5 Å². The van der Waals surface area contributed by atoms with Gasteiger partial charge in [0.05, 0.1) is 16.1 Å². The number of nitrogens with zero attached hydrogens (tertiary/aromatic N) is 2. The highest BCUT2D eigenvalue weighted by atomic mass is 32.2. The van der Waals surface area contributed by atoms with E-state index in [-0.39, 0.29) is 17.1 Å². The molecule has 220 valence electrons. The van der Waals surface area contributed by atoms with Gasteiger partial charge < -0.3 is 10.2 Å². The zero-order valence-electron chi connectivity index (χ0n) is 22.9. The standard InChI is InChI=1S/C29H31F4N3O4S/c1-20(27(38)34-28(2,3)4)35(18-21-13-15-23(30)16-14-21)26(37)19-36(41(39,40)25-11-6-5-7-12-25)24-10-8-9-22(17-24)29(31,32)33/h5-17,20H,18-19H2,1-4H3,(H,34,38)/t20-/m1/s1. The molecular formula is C29H31F4N3O4S. The summed E-state index contributed by atoms with van der Waals surface area (Å²) in [4.78, 5) is 27.7. The lowest BCUT2D eigenvalue weighted by Crippen LogP contribution is -2.54. The third-order valence-corrected chi connectivity index (χ3v) is 7.79. The number of hydrogen-bond acceptors (Lipinski definition) is 4. The van der Waals surface area contributed by atoms with Gasteiger partial charge in [-0.25, -0.2) is 12.8 Å². The molecule has 0 bridgehead atoms. The van der Waals surface area contributed by atoms with Crippen molar-refractivity contribution in [3.63, 3.8) is 0 Å². The molecule has 0 unspecified atom stereocenters. The van der Waals surface area contributed by atoms with Crippen LogP contribution in [0.15, 0.2) is 83.8 Å². The number of sulfonamides is 1. The summed E-state index contributed by atoms with van der Waals surface area (Å²) < 4.78 is 82.1. The van der Waals surface area contributed by atoms with Crippen molar-refractivity contribution in [1.82, 2.24) is 10.2 Å². The van der Waals surface area contributed by atoms with Gasteiger partial charge in [0.15, 0.2) is 0 Å². The molecule has 12 heteroatoms. The highest BCUT2D eigenvalue weighted by Gasteiger charge is 2.35. The highest BCUT2D eigenvalue weighted by Crippen LogP contribution is 2.33. The highest BCUT2D eigenvalue weighted by molar-refractivity contribution is 7.92. The third-order valence-electron chi connectivity index (χ3n) is 6.00. The van der Waals surface area contributed by atoms with Gasteiger partial charge >= 0.3 is 6.18 Å². The monoisotopic (exact) mass is 593 g/mol. The number of nitrogens with one attached hydrogen (secondary N) is 1. The Bertz CT molecular complexity index is 1470. The Balaban J connectivity index is 2.08. The van der Waals surface area contributed by atoms with Gasteiger partial charge in [-0.15, -0.1) is 0 Å². The molecule has 1 N–H and O–H groups in total. The summed E-state index contributed by atoms with van der Waals surface area (Å²) in [5, 5.41) is 2.76. The molecule has 0 saturated heterocycles. The maximum absolute atomic E-state index is 13.8. The van der Waals surface area contributed by atoms with E-state index in [1.54, 1.807) is 26.8 Å². The SMILES string of the molecule is C[C@H](C(=O)NC(C)(C)C)N(Cc1ccc(F)cc1)C(=O)CN(c1cccc(C(F)(F)F)c1)S(=O)(=O)c1ccccc1. The number of carbonyl (C=O) groups is 2. The van der Waals surface area contributed by atoms with Crippen molar-refractivity contribution in [3.05, 3.63) is 95.8 Å². The fourth-order valence-electron chi connectivity index (χ4n) is 3.93. The Kier molecular flexibility index (Phi) is 9.47. The van der Waals surface area contributed by atoms with Crippen molar-refractivity contribution in [2.75, 3.05) is 10.8 Å². The second kappa shape index (κ2) is 12.3. The maximum Gasteiger partial charge on any atom is 0.416 e. The fourth-order valence-corrected chi connectivity index (χ4v) is 5.36. The summed E-state index contributed by atoms with van der Waals surface area (Å²) in [6, 6.07) is 14.7. The van der Waals surface area contributed by atoms with E-state index in [1.807, 2.05) is 0 Å². The van der Waals surface area contributed by atoms with Gasteiger partial charge in [-0.2, -0.15) is 13.2 Å². The van der Waals surface area contributed by atoms with Gasteiger partial charge in [-0.1, -0.05) is 36.4 Å². The quantitative estimate of drug-likeness (QED) is 0.338. The number of hydrogen-bond donors (Lipinski definition) is 1. The van der Waals surface area contributed by atoms with Crippen LogP contribution in [0.2, 0.25) is 0 Å². The Morgan fingerprint density at radius 3 is 2.07 bits per heavy atom. The number of anilines is 1. The summed E-state index contributed by atoms with van der Waals surface area (Å²) >= 11 is 0. The first-order chi connectivity index (χ1) is 19.0. The molecule has 1 atom stereocenters. The largest absolute Gasteiger partial charge is 0.416 e. The van der Waals surface area contributed by atoms with Crippen LogP contribution in [0, 0.1) is 5.82 Å². The molecule has 3 aromatic carbocycles. The molecule has 0 aliphatic rings. The van der Waals surface area contributed by atoms with Crippen LogP contribution in [0.25, 0.3) is 0 Å². The van der Waals surface area contributed by atoms with E-state index in [4.69, 9.17) is 0 Å². The van der Waals surface area contributed by atoms with E-state index < -0.39 is 57.5 Å². The Hall–Kier alpha value is -3.93. The lowest BCUT2D eigenvalue weighted by molar-refractivity contribution is -0.140. The second-order valence-corrected chi connectivity index (χ2v) is 12.3. The van der Waals surface area contributed by atoms with Crippen LogP contribution in [-0.4, -0.2) is 43.3 Å². The van der Waals surface area contributed by atoms with Crippen LogP contribution < -0.4 is 9.62 Å². The Labute approximate surface area is 236 Å². The number of benzene rings is 3. The van der Waals surface area contributed by atoms with Gasteiger partial charge in [0.2, 0.25) is 11.8 Å². The molecule has 0 saturated carbocycles. The lowest BCUT2D eigenvalue weighted by atomic mass is 10.1. The third kappa shape index (κ3) is 8.29. The van der Waals surface area contributed by atoms with Crippen LogP contribution in [0.1, 0.15) is 38.8 Å². The van der Waals surface area contributed by atoms with Gasteiger partial charge in [0.1, 0.15) is 18.4 Å². The topological polar surface area (TPSA) is 86.8 Å². The van der Waals surface area contributed by atoms with Crippen molar-refractivity contribution in [1.29, 1.82) is 0 Å². The molecule has 3 aromatic rings. The minimum absolute atomic E-state index is 0.195. The fraction of sp³-hybridized carbons (Fsp3) is 0.310. The van der Waals surface area contributed by atoms with Crippen molar-refractivity contribution < 1.29 is 35.6 Å². The molecule has 41 heavy (non-hydrogen) atoms.